The first-order chi connectivity index (χ1) is 11.7. The first kappa shape index (κ1) is 19.8. The van der Waals surface area contributed by atoms with E-state index in [0.29, 0.717) is 30.3 Å². The number of nitrogens with zero attached hydrogens (tertiary/aromatic N) is 2. The van der Waals surface area contributed by atoms with Gasteiger partial charge in [-0.05, 0) is 44.0 Å². The minimum absolute atomic E-state index is 0.206. The first-order valence-corrected chi connectivity index (χ1v) is 8.54. The number of rotatable bonds is 4. The fourth-order valence-corrected chi connectivity index (χ4v) is 3.07. The number of ether oxygens (including phenoxy) is 1. The van der Waals surface area contributed by atoms with E-state index in [9.17, 15) is 18.0 Å². The zero-order valence-corrected chi connectivity index (χ0v) is 15.0. The van der Waals surface area contributed by atoms with Gasteiger partial charge in [-0.25, -0.2) is 0 Å². The molecule has 1 fully saturated rings. The van der Waals surface area contributed by atoms with E-state index in [1.54, 1.807) is 30.0 Å². The maximum atomic E-state index is 12.6. The van der Waals surface area contributed by atoms with Crippen molar-refractivity contribution in [3.63, 3.8) is 0 Å². The van der Waals surface area contributed by atoms with Gasteiger partial charge in [0.25, 0.3) is 5.91 Å². The van der Waals surface area contributed by atoms with Crippen molar-refractivity contribution < 1.29 is 22.7 Å². The van der Waals surface area contributed by atoms with Gasteiger partial charge in [0.1, 0.15) is 5.75 Å². The Balaban J connectivity index is 1.93. The van der Waals surface area contributed by atoms with E-state index in [2.05, 4.69) is 0 Å². The molecule has 0 N–H and O–H groups in total. The van der Waals surface area contributed by atoms with Crippen molar-refractivity contribution >= 4 is 17.5 Å². The molecule has 0 spiro atoms. The Bertz CT molecular complexity index is 610. The van der Waals surface area contributed by atoms with Crippen molar-refractivity contribution in [1.29, 1.82) is 0 Å². The lowest BCUT2D eigenvalue weighted by molar-refractivity contribution is -0.145. The highest BCUT2D eigenvalue weighted by Crippen LogP contribution is 2.23. The first-order valence-electron chi connectivity index (χ1n) is 8.16. The van der Waals surface area contributed by atoms with Crippen LogP contribution in [0.15, 0.2) is 18.2 Å². The molecule has 0 saturated carbocycles. The number of amides is 1. The summed E-state index contributed by atoms with van der Waals surface area (Å²) in [5.74, 6) is 0.349. The SMILES string of the molecule is Cc1cc(Cl)ccc1OC(C)C(=O)N1CCCN(CC(F)(F)F)CC1. The highest BCUT2D eigenvalue weighted by molar-refractivity contribution is 6.30. The van der Waals surface area contributed by atoms with Crippen LogP contribution >= 0.6 is 11.6 Å². The maximum absolute atomic E-state index is 12.6. The Morgan fingerprint density at radius 3 is 2.64 bits per heavy atom. The zero-order chi connectivity index (χ0) is 18.6. The molecule has 1 amide bonds. The summed E-state index contributed by atoms with van der Waals surface area (Å²) in [5.41, 5.74) is 0.819. The largest absolute Gasteiger partial charge is 0.481 e. The number of aryl methyl sites for hydroxylation is 1. The summed E-state index contributed by atoms with van der Waals surface area (Å²) in [6.07, 6.45) is -4.43. The molecule has 4 nitrogen and oxygen atoms in total. The van der Waals surface area contributed by atoms with Crippen molar-refractivity contribution in [2.24, 2.45) is 0 Å². The Morgan fingerprint density at radius 2 is 2.00 bits per heavy atom. The predicted octanol–water partition coefficient (Wildman–Crippen LogP) is 3.51. The standard InChI is InChI=1S/C17H22ClF3N2O2/c1-12-10-14(18)4-5-15(12)25-13(2)16(24)23-7-3-6-22(8-9-23)11-17(19,20)21/h4-5,10,13H,3,6-9,11H2,1-2H3. The number of carbonyl (C=O) groups excluding carboxylic acids is 1. The van der Waals surface area contributed by atoms with E-state index in [0.717, 1.165) is 5.56 Å². The molecule has 1 aliphatic heterocycles. The third-order valence-electron chi connectivity index (χ3n) is 4.09. The van der Waals surface area contributed by atoms with E-state index in [4.69, 9.17) is 16.3 Å². The number of carbonyl (C=O) groups is 1. The summed E-state index contributed by atoms with van der Waals surface area (Å²) in [5, 5.41) is 0.584. The number of hydrogen-bond acceptors (Lipinski definition) is 3. The molecule has 1 aromatic rings. The van der Waals surface area contributed by atoms with Crippen molar-refractivity contribution in [3.8, 4) is 5.75 Å². The molecular formula is C17H22ClF3N2O2. The van der Waals surface area contributed by atoms with E-state index in [1.165, 1.54) is 4.90 Å². The summed E-state index contributed by atoms with van der Waals surface area (Å²) < 4.78 is 43.3. The van der Waals surface area contributed by atoms with Crippen LogP contribution in [-0.4, -0.2) is 60.7 Å². The van der Waals surface area contributed by atoms with Crippen molar-refractivity contribution in [2.45, 2.75) is 32.5 Å². The normalized spacial score (nSPS) is 17.9. The van der Waals surface area contributed by atoms with Crippen molar-refractivity contribution in [2.75, 3.05) is 32.7 Å². The molecule has 1 aromatic carbocycles. The summed E-state index contributed by atoms with van der Waals surface area (Å²) >= 11 is 5.90. The second-order valence-corrected chi connectivity index (χ2v) is 6.68. The molecular weight excluding hydrogens is 357 g/mol. The third-order valence-corrected chi connectivity index (χ3v) is 4.33. The van der Waals surface area contributed by atoms with E-state index >= 15 is 0 Å². The van der Waals surface area contributed by atoms with Crippen LogP contribution in [0.1, 0.15) is 18.9 Å². The summed E-state index contributed by atoms with van der Waals surface area (Å²) in [6.45, 7) is 3.77. The fourth-order valence-electron chi connectivity index (χ4n) is 2.85. The van der Waals surface area contributed by atoms with Crippen molar-refractivity contribution in [1.82, 2.24) is 9.80 Å². The van der Waals surface area contributed by atoms with Gasteiger partial charge in [0.2, 0.25) is 0 Å². The fraction of sp³-hybridized carbons (Fsp3) is 0.588. The highest BCUT2D eigenvalue weighted by atomic mass is 35.5. The minimum Gasteiger partial charge on any atom is -0.481 e. The van der Waals surface area contributed by atoms with Crippen LogP contribution in [0, 0.1) is 6.92 Å². The lowest BCUT2D eigenvalue weighted by Crippen LogP contribution is -2.43. The van der Waals surface area contributed by atoms with Crippen LogP contribution in [0.3, 0.4) is 0 Å². The molecule has 2 rings (SSSR count). The van der Waals surface area contributed by atoms with Gasteiger partial charge in [0, 0.05) is 31.2 Å². The quantitative estimate of drug-likeness (QED) is 0.803. The molecule has 1 saturated heterocycles. The predicted molar refractivity (Wildman–Crippen MR) is 90.0 cm³/mol. The Kier molecular flexibility index (Phi) is 6.57. The number of benzene rings is 1. The highest BCUT2D eigenvalue weighted by Gasteiger charge is 2.32. The summed E-state index contributed by atoms with van der Waals surface area (Å²) in [4.78, 5) is 15.5. The van der Waals surface area contributed by atoms with E-state index in [-0.39, 0.29) is 19.0 Å². The van der Waals surface area contributed by atoms with Crippen LogP contribution in [0.2, 0.25) is 5.02 Å². The van der Waals surface area contributed by atoms with Gasteiger partial charge in [0.05, 0.1) is 6.54 Å². The van der Waals surface area contributed by atoms with Gasteiger partial charge in [-0.3, -0.25) is 9.69 Å². The molecule has 0 bridgehead atoms. The second-order valence-electron chi connectivity index (χ2n) is 6.24. The van der Waals surface area contributed by atoms with E-state index in [1.807, 2.05) is 6.92 Å². The van der Waals surface area contributed by atoms with Gasteiger partial charge in [0.15, 0.2) is 6.10 Å². The second kappa shape index (κ2) is 8.27. The summed E-state index contributed by atoms with van der Waals surface area (Å²) in [6, 6.07) is 5.13. The topological polar surface area (TPSA) is 32.8 Å². The molecule has 1 unspecified atom stereocenters. The van der Waals surface area contributed by atoms with Gasteiger partial charge < -0.3 is 9.64 Å². The van der Waals surface area contributed by atoms with Crippen molar-refractivity contribution in [3.05, 3.63) is 28.8 Å². The minimum atomic E-state index is -4.22. The van der Waals surface area contributed by atoms with Crippen LogP contribution in [0.5, 0.6) is 5.75 Å². The Hall–Kier alpha value is -1.47. The van der Waals surface area contributed by atoms with Crippen LogP contribution in [-0.2, 0) is 4.79 Å². The van der Waals surface area contributed by atoms with Crippen LogP contribution in [0.25, 0.3) is 0 Å². The average Bonchev–Trinajstić information content (AvgIpc) is 2.73. The molecule has 8 heteroatoms. The molecule has 1 aliphatic rings. The number of hydrogen-bond donors (Lipinski definition) is 0. The molecule has 0 radical (unpaired) electrons. The van der Waals surface area contributed by atoms with Crippen LogP contribution in [0.4, 0.5) is 13.2 Å². The molecule has 25 heavy (non-hydrogen) atoms. The summed E-state index contributed by atoms with van der Waals surface area (Å²) in [7, 11) is 0. The molecule has 1 atom stereocenters. The average molecular weight is 379 g/mol. The van der Waals surface area contributed by atoms with E-state index < -0.39 is 18.8 Å². The van der Waals surface area contributed by atoms with Gasteiger partial charge in [-0.2, -0.15) is 13.2 Å². The molecule has 1 heterocycles. The van der Waals surface area contributed by atoms with Gasteiger partial charge in [-0.1, -0.05) is 11.6 Å². The molecule has 0 aromatic heterocycles. The molecule has 0 aliphatic carbocycles. The number of halogens is 4. The number of alkyl halides is 3. The maximum Gasteiger partial charge on any atom is 0.401 e. The third kappa shape index (κ3) is 6.08. The molecule has 140 valence electrons. The zero-order valence-electron chi connectivity index (χ0n) is 14.3. The van der Waals surface area contributed by atoms with Gasteiger partial charge in [-0.15, -0.1) is 0 Å². The monoisotopic (exact) mass is 378 g/mol. The lowest BCUT2D eigenvalue weighted by Gasteiger charge is -2.25. The lowest BCUT2D eigenvalue weighted by atomic mass is 10.2. The Labute approximate surface area is 150 Å². The Morgan fingerprint density at radius 1 is 1.28 bits per heavy atom. The van der Waals surface area contributed by atoms with Crippen LogP contribution < -0.4 is 4.74 Å². The smallest absolute Gasteiger partial charge is 0.401 e. The van der Waals surface area contributed by atoms with Gasteiger partial charge >= 0.3 is 6.18 Å².